The molecule has 3 nitrogen and oxygen atoms in total. The van der Waals surface area contributed by atoms with E-state index in [0.717, 1.165) is 0 Å². The molecule has 1 aliphatic heterocycles. The minimum Gasteiger partial charge on any atom is -0.462 e. The molecule has 0 radical (unpaired) electrons. The Labute approximate surface area is 72.7 Å². The van der Waals surface area contributed by atoms with Gasteiger partial charge in [0.25, 0.3) is 0 Å². The van der Waals surface area contributed by atoms with Gasteiger partial charge in [-0.1, -0.05) is 13.8 Å². The first kappa shape index (κ1) is 9.52. The maximum absolute atomic E-state index is 11.0. The van der Waals surface area contributed by atoms with Crippen LogP contribution in [0.4, 0.5) is 0 Å². The lowest BCUT2D eigenvalue weighted by Gasteiger charge is -2.34. The largest absolute Gasteiger partial charge is 0.462 e. The third-order valence-corrected chi connectivity index (χ3v) is 2.19. The van der Waals surface area contributed by atoms with Gasteiger partial charge in [-0.05, 0) is 12.8 Å². The summed E-state index contributed by atoms with van der Waals surface area (Å²) in [5, 5.41) is 9.66. The number of cyclic esters (lactones) is 1. The van der Waals surface area contributed by atoms with Crippen molar-refractivity contribution in [2.45, 2.75) is 45.3 Å². The number of esters is 1. The number of rotatable bonds is 1. The molecule has 1 rings (SSSR count). The minimum absolute atomic E-state index is 0.121. The van der Waals surface area contributed by atoms with Crippen molar-refractivity contribution < 1.29 is 14.6 Å². The van der Waals surface area contributed by atoms with E-state index in [1.54, 1.807) is 6.92 Å². The summed E-state index contributed by atoms with van der Waals surface area (Å²) < 4.78 is 5.08. The van der Waals surface area contributed by atoms with Crippen LogP contribution >= 0.6 is 0 Å². The van der Waals surface area contributed by atoms with E-state index in [1.165, 1.54) is 0 Å². The van der Waals surface area contributed by atoms with Crippen molar-refractivity contribution in [1.29, 1.82) is 0 Å². The topological polar surface area (TPSA) is 46.5 Å². The molecule has 3 heteroatoms. The Morgan fingerprint density at radius 3 is 2.67 bits per heavy atom. The zero-order chi connectivity index (χ0) is 9.35. The lowest BCUT2D eigenvalue weighted by atomic mass is 9.88. The van der Waals surface area contributed by atoms with Crippen LogP contribution in [0.2, 0.25) is 0 Å². The molecule has 1 heterocycles. The molecule has 0 saturated carbocycles. The van der Waals surface area contributed by atoms with Crippen molar-refractivity contribution in [3.05, 3.63) is 0 Å². The van der Waals surface area contributed by atoms with E-state index < -0.39 is 5.60 Å². The fourth-order valence-electron chi connectivity index (χ4n) is 1.44. The summed E-state index contributed by atoms with van der Waals surface area (Å²) in [5.74, 6) is -0.00863. The second kappa shape index (κ2) is 3.05. The standard InChI is InChI=1S/C9H16O3/c1-6(2)7-4-9(3,11)5-8(10)12-7/h6-7,11H,4-5H2,1-3H3. The predicted molar refractivity (Wildman–Crippen MR) is 44.6 cm³/mol. The van der Waals surface area contributed by atoms with Crippen LogP contribution in [-0.2, 0) is 9.53 Å². The molecule has 0 spiro atoms. The predicted octanol–water partition coefficient (Wildman–Crippen LogP) is 1.10. The van der Waals surface area contributed by atoms with Gasteiger partial charge in [-0.15, -0.1) is 0 Å². The molecule has 2 atom stereocenters. The normalized spacial score (nSPS) is 36.8. The molecule has 0 aromatic carbocycles. The summed E-state index contributed by atoms with van der Waals surface area (Å²) in [6.45, 7) is 5.65. The molecule has 1 aliphatic rings. The Morgan fingerprint density at radius 1 is 1.67 bits per heavy atom. The van der Waals surface area contributed by atoms with Gasteiger partial charge >= 0.3 is 5.97 Å². The number of hydrogen-bond acceptors (Lipinski definition) is 3. The van der Waals surface area contributed by atoms with Gasteiger partial charge in [0.1, 0.15) is 6.10 Å². The number of carbonyl (C=O) groups is 1. The van der Waals surface area contributed by atoms with Crippen molar-refractivity contribution in [1.82, 2.24) is 0 Å². The molecular formula is C9H16O3. The molecule has 70 valence electrons. The highest BCUT2D eigenvalue weighted by Gasteiger charge is 2.37. The highest BCUT2D eigenvalue weighted by atomic mass is 16.5. The number of aliphatic hydroxyl groups is 1. The molecule has 0 aromatic heterocycles. The van der Waals surface area contributed by atoms with Gasteiger partial charge in [0.15, 0.2) is 0 Å². The molecule has 0 amide bonds. The van der Waals surface area contributed by atoms with Crippen molar-refractivity contribution in [3.63, 3.8) is 0 Å². The molecular weight excluding hydrogens is 156 g/mol. The third-order valence-electron chi connectivity index (χ3n) is 2.19. The lowest BCUT2D eigenvalue weighted by Crippen LogP contribution is -2.42. The van der Waals surface area contributed by atoms with Crippen LogP contribution < -0.4 is 0 Å². The Hall–Kier alpha value is -0.570. The average Bonchev–Trinajstić information content (AvgIpc) is 1.82. The van der Waals surface area contributed by atoms with Crippen molar-refractivity contribution >= 4 is 5.97 Å². The zero-order valence-electron chi connectivity index (χ0n) is 7.83. The van der Waals surface area contributed by atoms with E-state index in [-0.39, 0.29) is 24.4 Å². The van der Waals surface area contributed by atoms with Crippen molar-refractivity contribution in [3.8, 4) is 0 Å². The number of hydrogen-bond donors (Lipinski definition) is 1. The van der Waals surface area contributed by atoms with Crippen LogP contribution in [0, 0.1) is 5.92 Å². The van der Waals surface area contributed by atoms with Gasteiger partial charge in [0.2, 0.25) is 0 Å². The van der Waals surface area contributed by atoms with Gasteiger partial charge in [-0.3, -0.25) is 4.79 Å². The molecule has 1 N–H and O–H groups in total. The van der Waals surface area contributed by atoms with Crippen molar-refractivity contribution in [2.24, 2.45) is 5.92 Å². The van der Waals surface area contributed by atoms with Crippen LogP contribution in [0.15, 0.2) is 0 Å². The van der Waals surface area contributed by atoms with E-state index in [0.29, 0.717) is 6.42 Å². The SMILES string of the molecule is CC(C)C1CC(C)(O)CC(=O)O1. The van der Waals surface area contributed by atoms with Gasteiger partial charge < -0.3 is 9.84 Å². The quantitative estimate of drug-likeness (QED) is 0.602. The first-order valence-electron chi connectivity index (χ1n) is 4.32. The van der Waals surface area contributed by atoms with Crippen LogP contribution in [0.3, 0.4) is 0 Å². The third kappa shape index (κ3) is 2.21. The van der Waals surface area contributed by atoms with Gasteiger partial charge in [-0.2, -0.15) is 0 Å². The Kier molecular flexibility index (Phi) is 2.42. The molecule has 1 fully saturated rings. The first-order chi connectivity index (χ1) is 5.41. The minimum atomic E-state index is -0.871. The average molecular weight is 172 g/mol. The maximum Gasteiger partial charge on any atom is 0.308 e. The van der Waals surface area contributed by atoms with Gasteiger partial charge in [-0.25, -0.2) is 0 Å². The fraction of sp³-hybridized carbons (Fsp3) is 0.889. The number of carbonyl (C=O) groups excluding carboxylic acids is 1. The second-order valence-electron chi connectivity index (χ2n) is 4.15. The summed E-state index contributed by atoms with van der Waals surface area (Å²) in [6.07, 6.45) is 0.549. The first-order valence-corrected chi connectivity index (χ1v) is 4.32. The second-order valence-corrected chi connectivity index (χ2v) is 4.15. The Bertz CT molecular complexity index is 184. The number of ether oxygens (including phenoxy) is 1. The summed E-state index contributed by atoms with van der Waals surface area (Å²) in [5.41, 5.74) is -0.871. The molecule has 0 bridgehead atoms. The van der Waals surface area contributed by atoms with Gasteiger partial charge in [0.05, 0.1) is 12.0 Å². The van der Waals surface area contributed by atoms with E-state index in [2.05, 4.69) is 0 Å². The summed E-state index contributed by atoms with van der Waals surface area (Å²) in [6, 6.07) is 0. The summed E-state index contributed by atoms with van der Waals surface area (Å²) in [7, 11) is 0. The highest BCUT2D eigenvalue weighted by Crippen LogP contribution is 2.28. The molecule has 1 saturated heterocycles. The van der Waals surface area contributed by atoms with Crippen molar-refractivity contribution in [2.75, 3.05) is 0 Å². The Morgan fingerprint density at radius 2 is 2.25 bits per heavy atom. The molecule has 0 aromatic rings. The summed E-state index contributed by atoms with van der Waals surface area (Å²) >= 11 is 0. The van der Waals surface area contributed by atoms with Crippen LogP contribution in [0.25, 0.3) is 0 Å². The molecule has 12 heavy (non-hydrogen) atoms. The van der Waals surface area contributed by atoms with Gasteiger partial charge in [0, 0.05) is 6.42 Å². The molecule has 2 unspecified atom stereocenters. The van der Waals surface area contributed by atoms with E-state index in [4.69, 9.17) is 4.74 Å². The Balaban J connectivity index is 2.64. The van der Waals surface area contributed by atoms with Crippen LogP contribution in [0.1, 0.15) is 33.6 Å². The fourth-order valence-corrected chi connectivity index (χ4v) is 1.44. The van der Waals surface area contributed by atoms with Crippen LogP contribution in [0.5, 0.6) is 0 Å². The lowest BCUT2D eigenvalue weighted by molar-refractivity contribution is -0.171. The van der Waals surface area contributed by atoms with E-state index >= 15 is 0 Å². The monoisotopic (exact) mass is 172 g/mol. The van der Waals surface area contributed by atoms with E-state index in [1.807, 2.05) is 13.8 Å². The maximum atomic E-state index is 11.0. The smallest absolute Gasteiger partial charge is 0.308 e. The highest BCUT2D eigenvalue weighted by molar-refractivity contribution is 5.71. The van der Waals surface area contributed by atoms with Crippen LogP contribution in [-0.4, -0.2) is 22.8 Å². The summed E-state index contributed by atoms with van der Waals surface area (Å²) in [4.78, 5) is 11.0. The van der Waals surface area contributed by atoms with E-state index in [9.17, 15) is 9.90 Å². The molecule has 0 aliphatic carbocycles. The zero-order valence-corrected chi connectivity index (χ0v) is 7.83.